The highest BCUT2D eigenvalue weighted by Crippen LogP contribution is 2.35. The van der Waals surface area contributed by atoms with E-state index in [1.165, 1.54) is 24.2 Å². The Bertz CT molecular complexity index is 401. The van der Waals surface area contributed by atoms with Crippen molar-refractivity contribution < 1.29 is 4.74 Å². The molecule has 1 fully saturated rings. The first kappa shape index (κ1) is 11.1. The number of nitrogens with zero attached hydrogens (tertiary/aromatic N) is 2. The Morgan fingerprint density at radius 2 is 2.35 bits per heavy atom. The molecule has 0 aromatic carbocycles. The molecule has 94 valence electrons. The van der Waals surface area contributed by atoms with Gasteiger partial charge < -0.3 is 10.1 Å². The van der Waals surface area contributed by atoms with E-state index in [0.29, 0.717) is 18.2 Å². The summed E-state index contributed by atoms with van der Waals surface area (Å²) in [6.07, 6.45) is 7.29. The van der Waals surface area contributed by atoms with Crippen molar-refractivity contribution in [1.82, 2.24) is 9.78 Å². The number of fused-ring (bicyclic) bond motifs is 1. The second-order valence-corrected chi connectivity index (χ2v) is 5.16. The molecule has 1 N–H and O–H groups in total. The Morgan fingerprint density at radius 3 is 3.06 bits per heavy atom. The van der Waals surface area contributed by atoms with Crippen LogP contribution in [0.15, 0.2) is 6.20 Å². The molecule has 2 aliphatic heterocycles. The minimum Gasteiger partial charge on any atom is -0.373 e. The van der Waals surface area contributed by atoms with E-state index in [9.17, 15) is 0 Å². The third-order valence-corrected chi connectivity index (χ3v) is 3.99. The Balaban J connectivity index is 1.86. The van der Waals surface area contributed by atoms with Crippen LogP contribution in [0.2, 0.25) is 0 Å². The number of nitrogens with one attached hydrogen (secondary N) is 1. The van der Waals surface area contributed by atoms with Gasteiger partial charge in [-0.25, -0.2) is 4.68 Å². The molecule has 0 radical (unpaired) electrons. The molecule has 4 nitrogen and oxygen atoms in total. The highest BCUT2D eigenvalue weighted by Gasteiger charge is 2.34. The van der Waals surface area contributed by atoms with Crippen LogP contribution in [-0.2, 0) is 11.2 Å². The summed E-state index contributed by atoms with van der Waals surface area (Å²) in [6.45, 7) is 5.39. The molecule has 0 aliphatic carbocycles. The number of aryl methyl sites for hydroxylation is 1. The average molecular weight is 235 g/mol. The van der Waals surface area contributed by atoms with Gasteiger partial charge >= 0.3 is 0 Å². The van der Waals surface area contributed by atoms with Crippen molar-refractivity contribution in [3.8, 4) is 0 Å². The van der Waals surface area contributed by atoms with Crippen molar-refractivity contribution in [1.29, 1.82) is 0 Å². The maximum Gasteiger partial charge on any atom is 0.127 e. The first-order valence-electron chi connectivity index (χ1n) is 6.75. The van der Waals surface area contributed by atoms with Crippen molar-refractivity contribution in [3.63, 3.8) is 0 Å². The van der Waals surface area contributed by atoms with E-state index in [2.05, 4.69) is 28.9 Å². The van der Waals surface area contributed by atoms with Crippen LogP contribution in [0.5, 0.6) is 0 Å². The van der Waals surface area contributed by atoms with Crippen LogP contribution in [-0.4, -0.2) is 28.5 Å². The number of hydrogen-bond acceptors (Lipinski definition) is 3. The van der Waals surface area contributed by atoms with Crippen LogP contribution in [0, 0.1) is 0 Å². The highest BCUT2D eigenvalue weighted by atomic mass is 16.5. The van der Waals surface area contributed by atoms with Crippen molar-refractivity contribution >= 4 is 5.82 Å². The lowest BCUT2D eigenvalue weighted by Crippen LogP contribution is -2.32. The third-order valence-electron chi connectivity index (χ3n) is 3.99. The predicted molar refractivity (Wildman–Crippen MR) is 67.3 cm³/mol. The van der Waals surface area contributed by atoms with E-state index in [1.807, 2.05) is 6.20 Å². The summed E-state index contributed by atoms with van der Waals surface area (Å²) in [6, 6.07) is 0.427. The zero-order chi connectivity index (χ0) is 11.8. The molecule has 1 aromatic heterocycles. The van der Waals surface area contributed by atoms with E-state index in [-0.39, 0.29) is 0 Å². The summed E-state index contributed by atoms with van der Waals surface area (Å²) < 4.78 is 8.17. The van der Waals surface area contributed by atoms with Gasteiger partial charge in [0.1, 0.15) is 5.82 Å². The van der Waals surface area contributed by atoms with Gasteiger partial charge in [0.15, 0.2) is 0 Å². The van der Waals surface area contributed by atoms with Crippen molar-refractivity contribution in [2.24, 2.45) is 0 Å². The normalized spacial score (nSPS) is 32.2. The van der Waals surface area contributed by atoms with E-state index < -0.39 is 0 Å². The van der Waals surface area contributed by atoms with Gasteiger partial charge in [0, 0.05) is 12.1 Å². The molecule has 17 heavy (non-hydrogen) atoms. The minimum absolute atomic E-state index is 0.357. The molecule has 4 heteroatoms. The molecule has 2 aliphatic rings. The Kier molecular flexibility index (Phi) is 2.82. The second kappa shape index (κ2) is 4.33. The number of anilines is 1. The molecule has 1 saturated heterocycles. The van der Waals surface area contributed by atoms with Gasteiger partial charge in [-0.05, 0) is 32.6 Å². The first-order valence-corrected chi connectivity index (χ1v) is 6.75. The van der Waals surface area contributed by atoms with Gasteiger partial charge in [-0.1, -0.05) is 6.92 Å². The molecule has 3 unspecified atom stereocenters. The van der Waals surface area contributed by atoms with Gasteiger partial charge in [0.05, 0.1) is 24.4 Å². The van der Waals surface area contributed by atoms with Crippen molar-refractivity contribution in [2.75, 3.05) is 11.9 Å². The zero-order valence-electron chi connectivity index (χ0n) is 10.6. The average Bonchev–Trinajstić information content (AvgIpc) is 2.94. The maximum absolute atomic E-state index is 6.01. The van der Waals surface area contributed by atoms with Gasteiger partial charge in [-0.2, -0.15) is 5.10 Å². The lowest BCUT2D eigenvalue weighted by Gasteiger charge is -2.30. The van der Waals surface area contributed by atoms with E-state index in [1.54, 1.807) is 0 Å². The molecule has 0 spiro atoms. The van der Waals surface area contributed by atoms with Gasteiger partial charge in [-0.15, -0.1) is 0 Å². The minimum atomic E-state index is 0.357. The lowest BCUT2D eigenvalue weighted by atomic mass is 10.0. The Hall–Kier alpha value is -1.03. The van der Waals surface area contributed by atoms with Gasteiger partial charge in [-0.3, -0.25) is 0 Å². The molecular weight excluding hydrogens is 214 g/mol. The fraction of sp³-hybridized carbons (Fsp3) is 0.769. The molecule has 3 heterocycles. The largest absolute Gasteiger partial charge is 0.373 e. The summed E-state index contributed by atoms with van der Waals surface area (Å²) in [7, 11) is 0. The molecule has 1 aromatic rings. The fourth-order valence-electron chi connectivity index (χ4n) is 3.02. The second-order valence-electron chi connectivity index (χ2n) is 5.16. The smallest absolute Gasteiger partial charge is 0.127 e. The lowest BCUT2D eigenvalue weighted by molar-refractivity contribution is 0.0173. The molecular formula is C13H21N3O. The summed E-state index contributed by atoms with van der Waals surface area (Å²) in [5.74, 6) is 1.21. The standard InChI is InChI=1S/C13H21N3O/c1-3-10-8-15-16-11(6-7-14-13(10)16)12-5-4-9(2)17-12/h8-9,11-12,14H,3-7H2,1-2H3. The monoisotopic (exact) mass is 235 g/mol. The predicted octanol–water partition coefficient (Wildman–Crippen LogP) is 2.37. The van der Waals surface area contributed by atoms with Crippen LogP contribution in [0.25, 0.3) is 0 Å². The molecule has 0 saturated carbocycles. The topological polar surface area (TPSA) is 39.1 Å². The maximum atomic E-state index is 6.01. The summed E-state index contributed by atoms with van der Waals surface area (Å²) in [5, 5.41) is 8.02. The third kappa shape index (κ3) is 1.84. The van der Waals surface area contributed by atoms with Crippen LogP contribution in [0.3, 0.4) is 0 Å². The van der Waals surface area contributed by atoms with Crippen LogP contribution >= 0.6 is 0 Å². The van der Waals surface area contributed by atoms with Crippen LogP contribution < -0.4 is 5.32 Å². The summed E-state index contributed by atoms with van der Waals surface area (Å²) in [5.41, 5.74) is 1.32. The van der Waals surface area contributed by atoms with Crippen molar-refractivity contribution in [3.05, 3.63) is 11.8 Å². The molecule has 3 atom stereocenters. The number of ether oxygens (including phenoxy) is 1. The summed E-state index contributed by atoms with van der Waals surface area (Å²) >= 11 is 0. The first-order chi connectivity index (χ1) is 8.29. The molecule has 0 bridgehead atoms. The fourth-order valence-corrected chi connectivity index (χ4v) is 3.02. The van der Waals surface area contributed by atoms with Crippen molar-refractivity contribution in [2.45, 2.75) is 57.8 Å². The van der Waals surface area contributed by atoms with Gasteiger partial charge in [0.2, 0.25) is 0 Å². The Morgan fingerprint density at radius 1 is 1.47 bits per heavy atom. The highest BCUT2D eigenvalue weighted by molar-refractivity contribution is 5.45. The van der Waals surface area contributed by atoms with E-state index >= 15 is 0 Å². The van der Waals surface area contributed by atoms with Gasteiger partial charge in [0.25, 0.3) is 0 Å². The van der Waals surface area contributed by atoms with E-state index in [0.717, 1.165) is 19.4 Å². The number of aromatic nitrogens is 2. The zero-order valence-corrected chi connectivity index (χ0v) is 10.6. The van der Waals surface area contributed by atoms with Crippen LogP contribution in [0.4, 0.5) is 5.82 Å². The number of rotatable bonds is 2. The summed E-state index contributed by atoms with van der Waals surface area (Å²) in [4.78, 5) is 0. The van der Waals surface area contributed by atoms with E-state index in [4.69, 9.17) is 4.74 Å². The molecule has 3 rings (SSSR count). The SMILES string of the molecule is CCc1cnn2c1NCCC2C1CCC(C)O1. The van der Waals surface area contributed by atoms with Crippen LogP contribution in [0.1, 0.15) is 44.7 Å². The number of hydrogen-bond donors (Lipinski definition) is 1. The Labute approximate surface area is 102 Å². The quantitative estimate of drug-likeness (QED) is 0.855. The molecule has 0 amide bonds.